The van der Waals surface area contributed by atoms with Crippen molar-refractivity contribution in [2.45, 2.75) is 0 Å². The zero-order valence-electron chi connectivity index (χ0n) is 16.8. The van der Waals surface area contributed by atoms with E-state index in [0.29, 0.717) is 0 Å². The van der Waals surface area contributed by atoms with Crippen molar-refractivity contribution in [1.29, 1.82) is 0 Å². The SMILES string of the molecule is C1CO1.CN(C)C.C[N+](C)(C)CCO.C[N+](C)(C)CC[O-].O.[OH-]. The molecular weight excluding hydrogens is 302 g/mol. The van der Waals surface area contributed by atoms with Gasteiger partial charge in [-0.3, -0.25) is 0 Å². The summed E-state index contributed by atoms with van der Waals surface area (Å²) in [5.41, 5.74) is 0. The van der Waals surface area contributed by atoms with Crippen LogP contribution >= 0.6 is 0 Å². The summed E-state index contributed by atoms with van der Waals surface area (Å²) in [5, 5.41) is 18.3. The van der Waals surface area contributed by atoms with E-state index in [4.69, 9.17) is 5.11 Å². The molecule has 23 heavy (non-hydrogen) atoms. The Morgan fingerprint density at radius 1 is 0.913 bits per heavy atom. The Bertz CT molecular complexity index is 181. The molecule has 1 fully saturated rings. The van der Waals surface area contributed by atoms with E-state index in [2.05, 4.69) is 25.9 Å². The number of aliphatic hydroxyl groups excluding tert-OH is 1. The van der Waals surface area contributed by atoms with Crippen LogP contribution in [-0.4, -0.2) is 133 Å². The largest absolute Gasteiger partial charge is 0.870 e. The van der Waals surface area contributed by atoms with Crippen molar-refractivity contribution in [3.8, 4) is 0 Å². The van der Waals surface area contributed by atoms with Gasteiger partial charge in [0, 0.05) is 0 Å². The van der Waals surface area contributed by atoms with Gasteiger partial charge in [0.1, 0.15) is 6.54 Å². The molecule has 0 bridgehead atoms. The van der Waals surface area contributed by atoms with Gasteiger partial charge in [-0.15, -0.1) is 0 Å². The summed E-state index contributed by atoms with van der Waals surface area (Å²) in [4.78, 5) is 2.00. The number of epoxide rings is 1. The average molecular weight is 346 g/mol. The number of aliphatic hydroxyl groups is 1. The van der Waals surface area contributed by atoms with Gasteiger partial charge in [0.15, 0.2) is 0 Å². The fourth-order valence-corrected chi connectivity index (χ4v) is 0.574. The predicted octanol–water partition coefficient (Wildman–Crippen LogP) is -2.07. The smallest absolute Gasteiger partial charge is 0.101 e. The highest BCUT2D eigenvalue weighted by Crippen LogP contribution is 1.85. The Balaban J connectivity index is -0.0000000635. The van der Waals surface area contributed by atoms with E-state index in [9.17, 15) is 5.11 Å². The van der Waals surface area contributed by atoms with Gasteiger partial charge in [0.05, 0.1) is 68.7 Å². The maximum absolute atomic E-state index is 9.93. The first kappa shape index (κ1) is 34.1. The summed E-state index contributed by atoms with van der Waals surface area (Å²) < 4.78 is 6.12. The fourth-order valence-electron chi connectivity index (χ4n) is 0.574. The number of nitrogens with zero attached hydrogens (tertiary/aromatic N) is 3. The highest BCUT2D eigenvalue weighted by molar-refractivity contribution is 4.36. The second-order valence-corrected chi connectivity index (χ2v) is 7.41. The van der Waals surface area contributed by atoms with Crippen LogP contribution in [0.4, 0.5) is 0 Å². The van der Waals surface area contributed by atoms with Crippen LogP contribution < -0.4 is 5.11 Å². The number of hydrogen-bond acceptors (Lipinski definition) is 5. The van der Waals surface area contributed by atoms with Crippen LogP contribution in [0.5, 0.6) is 0 Å². The van der Waals surface area contributed by atoms with E-state index in [1.165, 1.54) is 0 Å². The Morgan fingerprint density at radius 3 is 1.17 bits per heavy atom. The number of likely N-dealkylation sites (N-methyl/N-ethyl adjacent to an activating group) is 2. The van der Waals surface area contributed by atoms with Gasteiger partial charge < -0.3 is 39.8 Å². The first-order valence-corrected chi connectivity index (χ1v) is 7.34. The summed E-state index contributed by atoms with van der Waals surface area (Å²) in [7, 11) is 18.2. The minimum Gasteiger partial charge on any atom is -0.870 e. The summed E-state index contributed by atoms with van der Waals surface area (Å²) in [6, 6.07) is 0. The first-order chi connectivity index (χ1) is 9.35. The zero-order chi connectivity index (χ0) is 17.5. The van der Waals surface area contributed by atoms with E-state index in [1.807, 2.05) is 47.2 Å². The van der Waals surface area contributed by atoms with Crippen molar-refractivity contribution in [1.82, 2.24) is 4.90 Å². The second kappa shape index (κ2) is 19.7. The Kier molecular flexibility index (Phi) is 29.2. The molecule has 0 amide bonds. The molecule has 1 aliphatic rings. The van der Waals surface area contributed by atoms with E-state index >= 15 is 0 Å². The monoisotopic (exact) mass is 345 g/mol. The van der Waals surface area contributed by atoms with Crippen molar-refractivity contribution in [2.24, 2.45) is 0 Å². The van der Waals surface area contributed by atoms with E-state index in [-0.39, 0.29) is 24.2 Å². The van der Waals surface area contributed by atoms with E-state index < -0.39 is 0 Å². The van der Waals surface area contributed by atoms with Crippen LogP contribution in [0.25, 0.3) is 0 Å². The quantitative estimate of drug-likeness (QED) is 0.463. The van der Waals surface area contributed by atoms with Crippen molar-refractivity contribution >= 4 is 0 Å². The third-order valence-corrected chi connectivity index (χ3v) is 1.74. The molecule has 0 aliphatic carbocycles. The molecule has 0 aromatic rings. The number of quaternary nitrogens is 2. The van der Waals surface area contributed by atoms with Gasteiger partial charge in [0.2, 0.25) is 0 Å². The lowest BCUT2D eigenvalue weighted by Crippen LogP contribution is -2.39. The van der Waals surface area contributed by atoms with Crippen LogP contribution in [0.15, 0.2) is 0 Å². The molecule has 1 heterocycles. The van der Waals surface area contributed by atoms with Crippen molar-refractivity contribution in [2.75, 3.05) is 103 Å². The Hall–Kier alpha value is -0.320. The molecule has 0 spiro atoms. The molecule has 1 rings (SSSR count). The van der Waals surface area contributed by atoms with Crippen LogP contribution in [0, 0.1) is 0 Å². The summed E-state index contributed by atoms with van der Waals surface area (Å²) in [5.74, 6) is 0. The van der Waals surface area contributed by atoms with Crippen LogP contribution in [-0.2, 0) is 4.74 Å². The number of rotatable bonds is 4. The third kappa shape index (κ3) is 111. The zero-order valence-corrected chi connectivity index (χ0v) is 16.8. The average Bonchev–Trinajstić information content (AvgIpc) is 2.98. The molecule has 0 atom stereocenters. The molecule has 0 aromatic carbocycles. The Labute approximate surface area is 143 Å². The van der Waals surface area contributed by atoms with Gasteiger partial charge in [0.25, 0.3) is 0 Å². The Morgan fingerprint density at radius 2 is 1.17 bits per heavy atom. The molecule has 0 radical (unpaired) electrons. The highest BCUT2D eigenvalue weighted by atomic mass is 16.6. The first-order valence-electron chi connectivity index (χ1n) is 7.34. The van der Waals surface area contributed by atoms with Crippen molar-refractivity contribution < 1.29 is 34.9 Å². The van der Waals surface area contributed by atoms with Gasteiger partial charge in [-0.05, 0) is 21.1 Å². The number of ether oxygens (including phenoxy) is 1. The standard InChI is InChI=1S/C5H14NO.C5H13NO.C3H9N.C2H4O.2H2O/c2*1-6(2,3)4-5-7;1-4(2)3;1-2-3-1;;/h7H,4-5H2,1-3H3;4-5H2,1-3H3;1-3H3;1-2H2;2*1H2/q+1;;;;;/p-1. The molecule has 148 valence electrons. The van der Waals surface area contributed by atoms with E-state index in [0.717, 1.165) is 35.3 Å². The maximum Gasteiger partial charge on any atom is 0.101 e. The van der Waals surface area contributed by atoms with Crippen LogP contribution in [0.1, 0.15) is 0 Å². The predicted molar refractivity (Wildman–Crippen MR) is 93.7 cm³/mol. The minimum atomic E-state index is 0. The summed E-state index contributed by atoms with van der Waals surface area (Å²) in [6.07, 6.45) is 0. The van der Waals surface area contributed by atoms with Gasteiger partial charge in [-0.1, -0.05) is 6.61 Å². The highest BCUT2D eigenvalue weighted by Gasteiger charge is 2.02. The topological polar surface area (TPSA) is 121 Å². The van der Waals surface area contributed by atoms with Crippen molar-refractivity contribution in [3.63, 3.8) is 0 Å². The second-order valence-electron chi connectivity index (χ2n) is 7.41. The van der Waals surface area contributed by atoms with Crippen LogP contribution in [0.3, 0.4) is 0 Å². The molecule has 4 N–H and O–H groups in total. The lowest BCUT2D eigenvalue weighted by atomic mass is 10.5. The maximum atomic E-state index is 9.93. The van der Waals surface area contributed by atoms with Gasteiger partial charge in [-0.25, -0.2) is 0 Å². The fraction of sp³-hybridized carbons (Fsp3) is 1.00. The van der Waals surface area contributed by atoms with Crippen LogP contribution in [0.2, 0.25) is 0 Å². The molecule has 1 saturated heterocycles. The minimum absolute atomic E-state index is 0. The summed E-state index contributed by atoms with van der Waals surface area (Å²) >= 11 is 0. The molecule has 0 saturated carbocycles. The lowest BCUT2D eigenvalue weighted by molar-refractivity contribution is -0.875. The third-order valence-electron chi connectivity index (χ3n) is 1.74. The summed E-state index contributed by atoms with van der Waals surface area (Å²) in [6.45, 7) is 3.87. The molecule has 1 aliphatic heterocycles. The van der Waals surface area contributed by atoms with Crippen molar-refractivity contribution in [3.05, 3.63) is 0 Å². The van der Waals surface area contributed by atoms with Gasteiger partial charge in [-0.2, -0.15) is 0 Å². The molecular formula is C15H43N3O5. The number of hydrogen-bond donors (Lipinski definition) is 1. The molecule has 0 unspecified atom stereocenters. The molecule has 8 heteroatoms. The molecule has 0 aromatic heterocycles. The van der Waals surface area contributed by atoms with E-state index in [1.54, 1.807) is 0 Å². The lowest BCUT2D eigenvalue weighted by Gasteiger charge is -2.25. The van der Waals surface area contributed by atoms with Gasteiger partial charge >= 0.3 is 0 Å². The molecule has 8 nitrogen and oxygen atoms in total. The normalized spacial score (nSPS) is 12.0.